The topological polar surface area (TPSA) is 58.4 Å². The van der Waals surface area contributed by atoms with Gasteiger partial charge < -0.3 is 14.6 Å². The van der Waals surface area contributed by atoms with Crippen molar-refractivity contribution in [3.8, 4) is 11.5 Å². The van der Waals surface area contributed by atoms with Gasteiger partial charge in [0.1, 0.15) is 6.26 Å². The van der Waals surface area contributed by atoms with Crippen molar-refractivity contribution in [2.24, 2.45) is 0 Å². The molecule has 0 aliphatic carbocycles. The van der Waals surface area contributed by atoms with E-state index in [1.54, 1.807) is 0 Å². The summed E-state index contributed by atoms with van der Waals surface area (Å²) in [7, 11) is 0. The Labute approximate surface area is 162 Å². The van der Waals surface area contributed by atoms with Crippen molar-refractivity contribution in [2.45, 2.75) is 6.54 Å². The number of amides is 1. The van der Waals surface area contributed by atoms with Crippen LogP contribution in [-0.2, 0) is 6.54 Å². The predicted octanol–water partition coefficient (Wildman–Crippen LogP) is 3.82. The Kier molecular flexibility index (Phi) is 5.44. The molecular weight excluding hydrogens is 358 g/mol. The summed E-state index contributed by atoms with van der Waals surface area (Å²) in [4.78, 5) is 19.0. The van der Waals surface area contributed by atoms with Gasteiger partial charge in [-0.2, -0.15) is 11.8 Å². The largest absolute Gasteiger partial charge is 0.444 e. The van der Waals surface area contributed by atoms with Crippen LogP contribution in [0.25, 0.3) is 11.5 Å². The van der Waals surface area contributed by atoms with Crippen LogP contribution in [0.3, 0.4) is 0 Å². The van der Waals surface area contributed by atoms with Gasteiger partial charge in [-0.15, -0.1) is 0 Å². The maximum absolute atomic E-state index is 12.3. The number of thioether (sulfide) groups is 1. The van der Waals surface area contributed by atoms with E-state index in [-0.39, 0.29) is 11.6 Å². The second kappa shape index (κ2) is 8.31. The minimum absolute atomic E-state index is 0.238. The molecule has 1 N–H and O–H groups in total. The van der Waals surface area contributed by atoms with E-state index >= 15 is 0 Å². The van der Waals surface area contributed by atoms with Crippen molar-refractivity contribution < 1.29 is 9.21 Å². The summed E-state index contributed by atoms with van der Waals surface area (Å²) in [5.41, 5.74) is 3.44. The zero-order chi connectivity index (χ0) is 18.5. The van der Waals surface area contributed by atoms with Crippen LogP contribution < -0.4 is 10.2 Å². The van der Waals surface area contributed by atoms with Gasteiger partial charge in [0, 0.05) is 42.4 Å². The Morgan fingerprint density at radius 2 is 1.81 bits per heavy atom. The van der Waals surface area contributed by atoms with Crippen LogP contribution in [0, 0.1) is 0 Å². The van der Waals surface area contributed by atoms with Crippen molar-refractivity contribution >= 4 is 23.4 Å². The molecule has 1 aliphatic heterocycles. The molecule has 4 rings (SSSR count). The van der Waals surface area contributed by atoms with E-state index in [9.17, 15) is 4.79 Å². The number of nitrogens with zero attached hydrogens (tertiary/aromatic N) is 2. The van der Waals surface area contributed by atoms with Gasteiger partial charge in [0.15, 0.2) is 5.69 Å². The summed E-state index contributed by atoms with van der Waals surface area (Å²) in [6.07, 6.45) is 1.40. The van der Waals surface area contributed by atoms with Gasteiger partial charge in [0.25, 0.3) is 5.91 Å². The normalized spacial score (nSPS) is 14.1. The third-order valence-electron chi connectivity index (χ3n) is 4.52. The number of benzene rings is 2. The van der Waals surface area contributed by atoms with Crippen molar-refractivity contribution in [2.75, 3.05) is 29.5 Å². The lowest BCUT2D eigenvalue weighted by Crippen LogP contribution is -2.32. The van der Waals surface area contributed by atoms with E-state index in [1.165, 1.54) is 23.5 Å². The lowest BCUT2D eigenvalue weighted by atomic mass is 10.2. The molecule has 0 atom stereocenters. The molecular formula is C21H21N3O2S. The number of carbonyl (C=O) groups excluding carboxylic acids is 1. The van der Waals surface area contributed by atoms with E-state index in [0.717, 1.165) is 24.2 Å². The summed E-state index contributed by atoms with van der Waals surface area (Å²) in [6.45, 7) is 2.65. The van der Waals surface area contributed by atoms with E-state index in [1.807, 2.05) is 42.1 Å². The van der Waals surface area contributed by atoms with Gasteiger partial charge in [0.2, 0.25) is 5.89 Å². The highest BCUT2D eigenvalue weighted by Crippen LogP contribution is 2.20. The second-order valence-electron chi connectivity index (χ2n) is 6.35. The number of carbonyl (C=O) groups is 1. The van der Waals surface area contributed by atoms with Gasteiger partial charge in [-0.25, -0.2) is 4.98 Å². The molecule has 1 fully saturated rings. The summed E-state index contributed by atoms with van der Waals surface area (Å²) in [5.74, 6) is 2.57. The SMILES string of the molecule is O=C(NCc1ccc(N2CCSCC2)cc1)c1coc(-c2ccccc2)n1. The maximum atomic E-state index is 12.3. The van der Waals surface area contributed by atoms with Gasteiger partial charge in [-0.05, 0) is 29.8 Å². The van der Waals surface area contributed by atoms with Gasteiger partial charge >= 0.3 is 0 Å². The monoisotopic (exact) mass is 379 g/mol. The first-order valence-corrected chi connectivity index (χ1v) is 10.2. The maximum Gasteiger partial charge on any atom is 0.273 e. The lowest BCUT2D eigenvalue weighted by molar-refractivity contribution is 0.0946. The minimum Gasteiger partial charge on any atom is -0.444 e. The number of nitrogens with one attached hydrogen (secondary N) is 1. The Bertz CT molecular complexity index is 887. The predicted molar refractivity (Wildman–Crippen MR) is 109 cm³/mol. The zero-order valence-corrected chi connectivity index (χ0v) is 15.7. The molecule has 1 aliphatic rings. The molecule has 2 aromatic carbocycles. The summed E-state index contributed by atoms with van der Waals surface area (Å²) in [6, 6.07) is 17.9. The third-order valence-corrected chi connectivity index (χ3v) is 5.47. The van der Waals surface area contributed by atoms with Crippen molar-refractivity contribution in [1.29, 1.82) is 0 Å². The molecule has 138 valence electrons. The van der Waals surface area contributed by atoms with Gasteiger partial charge in [-0.1, -0.05) is 30.3 Å². The molecule has 0 saturated carbocycles. The number of aromatic nitrogens is 1. The molecule has 27 heavy (non-hydrogen) atoms. The Balaban J connectivity index is 1.34. The molecule has 1 aromatic heterocycles. The van der Waals surface area contributed by atoms with Crippen LogP contribution in [0.2, 0.25) is 0 Å². The number of anilines is 1. The van der Waals surface area contributed by atoms with Crippen molar-refractivity contribution in [3.63, 3.8) is 0 Å². The average molecular weight is 379 g/mol. The Hall–Kier alpha value is -2.73. The summed E-state index contributed by atoms with van der Waals surface area (Å²) in [5, 5.41) is 2.90. The van der Waals surface area contributed by atoms with E-state index in [0.29, 0.717) is 12.4 Å². The fourth-order valence-corrected chi connectivity index (χ4v) is 3.91. The van der Waals surface area contributed by atoms with Gasteiger partial charge in [-0.3, -0.25) is 4.79 Å². The average Bonchev–Trinajstić information content (AvgIpc) is 3.24. The zero-order valence-electron chi connectivity index (χ0n) is 14.9. The molecule has 1 amide bonds. The number of hydrogen-bond donors (Lipinski definition) is 1. The summed E-state index contributed by atoms with van der Waals surface area (Å²) < 4.78 is 5.43. The third kappa shape index (κ3) is 4.34. The lowest BCUT2D eigenvalue weighted by Gasteiger charge is -2.28. The fourth-order valence-electron chi connectivity index (χ4n) is 3.01. The molecule has 0 unspecified atom stereocenters. The number of hydrogen-bond acceptors (Lipinski definition) is 5. The Morgan fingerprint density at radius 1 is 1.07 bits per heavy atom. The first kappa shape index (κ1) is 17.7. The molecule has 0 bridgehead atoms. The summed E-state index contributed by atoms with van der Waals surface area (Å²) >= 11 is 2.00. The highest BCUT2D eigenvalue weighted by molar-refractivity contribution is 7.99. The van der Waals surface area contributed by atoms with E-state index in [2.05, 4.69) is 39.5 Å². The highest BCUT2D eigenvalue weighted by atomic mass is 32.2. The Morgan fingerprint density at radius 3 is 2.56 bits per heavy atom. The van der Waals surface area contributed by atoms with E-state index < -0.39 is 0 Å². The van der Waals surface area contributed by atoms with Gasteiger partial charge in [0.05, 0.1) is 0 Å². The van der Waals surface area contributed by atoms with Crippen LogP contribution >= 0.6 is 11.8 Å². The second-order valence-corrected chi connectivity index (χ2v) is 7.58. The van der Waals surface area contributed by atoms with Crippen LogP contribution in [0.15, 0.2) is 65.3 Å². The number of oxazole rings is 1. The molecule has 0 spiro atoms. The molecule has 6 heteroatoms. The quantitative estimate of drug-likeness (QED) is 0.730. The molecule has 5 nitrogen and oxygen atoms in total. The number of rotatable bonds is 5. The van der Waals surface area contributed by atoms with Crippen LogP contribution in [-0.4, -0.2) is 35.5 Å². The molecule has 1 saturated heterocycles. The first-order chi connectivity index (χ1) is 13.3. The highest BCUT2D eigenvalue weighted by Gasteiger charge is 2.14. The first-order valence-electron chi connectivity index (χ1n) is 9.00. The van der Waals surface area contributed by atoms with Crippen LogP contribution in [0.4, 0.5) is 5.69 Å². The van der Waals surface area contributed by atoms with Crippen LogP contribution in [0.1, 0.15) is 16.1 Å². The van der Waals surface area contributed by atoms with E-state index in [4.69, 9.17) is 4.42 Å². The standard InChI is InChI=1S/C21H21N3O2S/c25-20(19-15-26-21(23-19)17-4-2-1-3-5-17)22-14-16-6-8-18(9-7-16)24-10-12-27-13-11-24/h1-9,15H,10-14H2,(H,22,25). The minimum atomic E-state index is -0.238. The van der Waals surface area contributed by atoms with Crippen molar-refractivity contribution in [3.05, 3.63) is 72.1 Å². The smallest absolute Gasteiger partial charge is 0.273 e. The molecule has 3 aromatic rings. The fraction of sp³-hybridized carbons (Fsp3) is 0.238. The van der Waals surface area contributed by atoms with Crippen LogP contribution in [0.5, 0.6) is 0 Å². The molecule has 2 heterocycles. The van der Waals surface area contributed by atoms with Crippen molar-refractivity contribution in [1.82, 2.24) is 10.3 Å². The molecule has 0 radical (unpaired) electrons.